The van der Waals surface area contributed by atoms with Gasteiger partial charge in [-0.3, -0.25) is 9.55 Å². The molecule has 0 saturated carbocycles. The summed E-state index contributed by atoms with van der Waals surface area (Å²) in [4.78, 5) is 4.09. The summed E-state index contributed by atoms with van der Waals surface area (Å²) >= 11 is 1.61. The van der Waals surface area contributed by atoms with E-state index in [1.54, 1.807) is 36.3 Å². The Labute approximate surface area is 179 Å². The molecule has 0 aliphatic rings. The first-order chi connectivity index (χ1) is 14.8. The second-order valence-corrected chi connectivity index (χ2v) is 7.51. The van der Waals surface area contributed by atoms with Crippen LogP contribution in [0.1, 0.15) is 11.1 Å². The zero-order chi connectivity index (χ0) is 20.6. The molecule has 4 aromatic rings. The van der Waals surface area contributed by atoms with Gasteiger partial charge in [0, 0.05) is 23.7 Å². The van der Waals surface area contributed by atoms with Gasteiger partial charge in [0.15, 0.2) is 11.0 Å². The topological polar surface area (TPSA) is 76.6 Å². The number of nitriles is 1. The van der Waals surface area contributed by atoms with Crippen molar-refractivity contribution in [1.82, 2.24) is 19.7 Å². The molecule has 2 heterocycles. The molecule has 0 unspecified atom stereocenters. The standard InChI is InChI=1S/C23H19N5OS/c24-16-18-6-8-21(9-7-18)29-14-15-30-23-27-26-22(20-10-12-25-13-11-20)28(23)17-19-4-2-1-3-5-19/h1-13H,14-15,17H2. The van der Waals surface area contributed by atoms with Crippen molar-refractivity contribution in [3.05, 3.63) is 90.3 Å². The smallest absolute Gasteiger partial charge is 0.191 e. The van der Waals surface area contributed by atoms with Crippen LogP contribution >= 0.6 is 11.8 Å². The molecule has 0 aliphatic heterocycles. The van der Waals surface area contributed by atoms with E-state index >= 15 is 0 Å². The van der Waals surface area contributed by atoms with E-state index in [-0.39, 0.29) is 0 Å². The van der Waals surface area contributed by atoms with Gasteiger partial charge >= 0.3 is 0 Å². The van der Waals surface area contributed by atoms with Crippen LogP contribution in [0.4, 0.5) is 0 Å². The summed E-state index contributed by atoms with van der Waals surface area (Å²) in [5, 5.41) is 18.6. The average molecular weight is 414 g/mol. The highest BCUT2D eigenvalue weighted by Crippen LogP contribution is 2.25. The molecular formula is C23H19N5OS. The third kappa shape index (κ3) is 4.85. The van der Waals surface area contributed by atoms with Gasteiger partial charge in [0.25, 0.3) is 0 Å². The van der Waals surface area contributed by atoms with Crippen molar-refractivity contribution in [1.29, 1.82) is 5.26 Å². The Balaban J connectivity index is 1.46. The van der Waals surface area contributed by atoms with E-state index in [1.807, 2.05) is 42.5 Å². The lowest BCUT2D eigenvalue weighted by molar-refractivity contribution is 0.344. The predicted molar refractivity (Wildman–Crippen MR) is 116 cm³/mol. The minimum atomic E-state index is 0.527. The van der Waals surface area contributed by atoms with Crippen LogP contribution in [0.25, 0.3) is 11.4 Å². The summed E-state index contributed by atoms with van der Waals surface area (Å²) in [6.45, 7) is 1.21. The van der Waals surface area contributed by atoms with E-state index in [1.165, 1.54) is 5.56 Å². The van der Waals surface area contributed by atoms with E-state index in [9.17, 15) is 0 Å². The number of aromatic nitrogens is 4. The quantitative estimate of drug-likeness (QED) is 0.314. The van der Waals surface area contributed by atoms with Gasteiger partial charge in [0.05, 0.1) is 24.8 Å². The summed E-state index contributed by atoms with van der Waals surface area (Å²) in [5.74, 6) is 2.29. The van der Waals surface area contributed by atoms with Gasteiger partial charge in [-0.2, -0.15) is 5.26 Å². The molecule has 0 bridgehead atoms. The number of benzene rings is 2. The minimum absolute atomic E-state index is 0.527. The molecule has 0 aliphatic carbocycles. The Kier molecular flexibility index (Phi) is 6.38. The number of hydrogen-bond acceptors (Lipinski definition) is 6. The molecule has 4 rings (SSSR count). The highest BCUT2D eigenvalue weighted by Gasteiger charge is 2.15. The predicted octanol–water partition coefficient (Wildman–Crippen LogP) is 4.43. The first-order valence-corrected chi connectivity index (χ1v) is 10.5. The molecule has 0 amide bonds. The van der Waals surface area contributed by atoms with Crippen LogP contribution in [0.15, 0.2) is 84.3 Å². The summed E-state index contributed by atoms with van der Waals surface area (Å²) in [6, 6.07) is 23.4. The SMILES string of the molecule is N#Cc1ccc(OCCSc2nnc(-c3ccncc3)n2Cc2ccccc2)cc1. The second-order valence-electron chi connectivity index (χ2n) is 6.45. The molecule has 6 nitrogen and oxygen atoms in total. The molecule has 0 spiro atoms. The molecule has 30 heavy (non-hydrogen) atoms. The van der Waals surface area contributed by atoms with Crippen molar-refractivity contribution in [3.8, 4) is 23.2 Å². The Hall–Kier alpha value is -3.63. The molecule has 2 aromatic carbocycles. The lowest BCUT2D eigenvalue weighted by Crippen LogP contribution is -2.06. The molecule has 7 heteroatoms. The summed E-state index contributed by atoms with van der Waals surface area (Å²) in [7, 11) is 0. The maximum atomic E-state index is 8.87. The van der Waals surface area contributed by atoms with E-state index in [0.717, 1.165) is 28.0 Å². The molecule has 0 fully saturated rings. The number of hydrogen-bond donors (Lipinski definition) is 0. The number of ether oxygens (including phenoxy) is 1. The Bertz CT molecular complexity index is 1120. The van der Waals surface area contributed by atoms with Crippen molar-refractivity contribution in [2.24, 2.45) is 0 Å². The van der Waals surface area contributed by atoms with Gasteiger partial charge < -0.3 is 4.74 Å². The molecule has 2 aromatic heterocycles. The van der Waals surface area contributed by atoms with Gasteiger partial charge in [0.2, 0.25) is 0 Å². The molecular weight excluding hydrogens is 394 g/mol. The zero-order valence-corrected chi connectivity index (χ0v) is 17.0. The van der Waals surface area contributed by atoms with E-state index in [2.05, 4.69) is 38.0 Å². The maximum absolute atomic E-state index is 8.87. The largest absolute Gasteiger partial charge is 0.493 e. The number of rotatable bonds is 8. The average Bonchev–Trinajstić information content (AvgIpc) is 3.20. The van der Waals surface area contributed by atoms with Crippen molar-refractivity contribution >= 4 is 11.8 Å². The second kappa shape index (κ2) is 9.72. The van der Waals surface area contributed by atoms with E-state index in [0.29, 0.717) is 18.7 Å². The molecule has 0 atom stereocenters. The number of pyridine rings is 1. The van der Waals surface area contributed by atoms with E-state index in [4.69, 9.17) is 10.00 Å². The first kappa shape index (κ1) is 19.7. The van der Waals surface area contributed by atoms with Crippen molar-refractivity contribution in [2.45, 2.75) is 11.7 Å². The van der Waals surface area contributed by atoms with Crippen LogP contribution in [0.5, 0.6) is 5.75 Å². The van der Waals surface area contributed by atoms with E-state index < -0.39 is 0 Å². The van der Waals surface area contributed by atoms with Gasteiger partial charge in [-0.25, -0.2) is 0 Å². The summed E-state index contributed by atoms with van der Waals surface area (Å²) < 4.78 is 7.90. The number of thioether (sulfide) groups is 1. The highest BCUT2D eigenvalue weighted by atomic mass is 32.2. The zero-order valence-electron chi connectivity index (χ0n) is 16.2. The van der Waals surface area contributed by atoms with Crippen LogP contribution in [0.2, 0.25) is 0 Å². The lowest BCUT2D eigenvalue weighted by Gasteiger charge is -2.11. The maximum Gasteiger partial charge on any atom is 0.191 e. The van der Waals surface area contributed by atoms with Crippen molar-refractivity contribution < 1.29 is 4.74 Å². The fourth-order valence-electron chi connectivity index (χ4n) is 2.94. The third-order valence-corrected chi connectivity index (χ3v) is 5.34. The van der Waals surface area contributed by atoms with Crippen LogP contribution < -0.4 is 4.74 Å². The highest BCUT2D eigenvalue weighted by molar-refractivity contribution is 7.99. The lowest BCUT2D eigenvalue weighted by atomic mass is 10.2. The van der Waals surface area contributed by atoms with Crippen LogP contribution in [0, 0.1) is 11.3 Å². The minimum Gasteiger partial charge on any atom is -0.493 e. The number of nitrogens with zero attached hydrogens (tertiary/aromatic N) is 5. The third-order valence-electron chi connectivity index (χ3n) is 4.41. The summed E-state index contributed by atoms with van der Waals surface area (Å²) in [5.41, 5.74) is 2.78. The van der Waals surface area contributed by atoms with Crippen LogP contribution in [-0.2, 0) is 6.54 Å². The monoisotopic (exact) mass is 413 g/mol. The summed E-state index contributed by atoms with van der Waals surface area (Å²) in [6.07, 6.45) is 3.52. The van der Waals surface area contributed by atoms with Gasteiger partial charge in [-0.05, 0) is 42.0 Å². The van der Waals surface area contributed by atoms with Crippen molar-refractivity contribution in [3.63, 3.8) is 0 Å². The fraction of sp³-hybridized carbons (Fsp3) is 0.130. The fourth-order valence-corrected chi connectivity index (χ4v) is 3.69. The normalized spacial score (nSPS) is 10.5. The Morgan fingerprint density at radius 1 is 0.933 bits per heavy atom. The Morgan fingerprint density at radius 2 is 1.70 bits per heavy atom. The van der Waals surface area contributed by atoms with Gasteiger partial charge in [0.1, 0.15) is 5.75 Å². The van der Waals surface area contributed by atoms with Gasteiger partial charge in [-0.1, -0.05) is 42.1 Å². The van der Waals surface area contributed by atoms with Crippen LogP contribution in [-0.4, -0.2) is 32.1 Å². The first-order valence-electron chi connectivity index (χ1n) is 9.47. The van der Waals surface area contributed by atoms with Crippen LogP contribution in [0.3, 0.4) is 0 Å². The molecule has 148 valence electrons. The Morgan fingerprint density at radius 3 is 2.43 bits per heavy atom. The molecule has 0 radical (unpaired) electrons. The van der Waals surface area contributed by atoms with Crippen molar-refractivity contribution in [2.75, 3.05) is 12.4 Å². The van der Waals surface area contributed by atoms with Gasteiger partial charge in [-0.15, -0.1) is 10.2 Å². The molecule has 0 saturated heterocycles. The molecule has 0 N–H and O–H groups in total.